The van der Waals surface area contributed by atoms with Gasteiger partial charge in [-0.1, -0.05) is 23.7 Å². The molecule has 1 atom stereocenters. The molecule has 4 aromatic rings. The highest BCUT2D eigenvalue weighted by Crippen LogP contribution is 2.44. The van der Waals surface area contributed by atoms with Gasteiger partial charge in [0.15, 0.2) is 6.10 Å². The minimum absolute atomic E-state index is 0.131. The maximum Gasteiger partial charge on any atom is 0.337 e. The Morgan fingerprint density at radius 1 is 1.02 bits per heavy atom. The fraction of sp³-hybridized carbons (Fsp3) is 0.438. The lowest BCUT2D eigenvalue weighted by Gasteiger charge is -2.42. The zero-order valence-corrected chi connectivity index (χ0v) is 26.8. The van der Waals surface area contributed by atoms with Gasteiger partial charge in [0.25, 0.3) is 0 Å². The van der Waals surface area contributed by atoms with Crippen LogP contribution < -0.4 is 4.90 Å². The summed E-state index contributed by atoms with van der Waals surface area (Å²) in [5.74, 6) is -0.348. The molecule has 0 bridgehead atoms. The van der Waals surface area contributed by atoms with E-state index in [1.807, 2.05) is 64.1 Å². The summed E-state index contributed by atoms with van der Waals surface area (Å²) in [6.07, 6.45) is 0.622. The third-order valence-corrected chi connectivity index (χ3v) is 8.75. The summed E-state index contributed by atoms with van der Waals surface area (Å²) in [5, 5.41) is 11.7. The number of rotatable bonds is 6. The number of hydrogen-bond acceptors (Lipinski definition) is 8. The molecule has 5 rings (SSSR count). The predicted octanol–water partition coefficient (Wildman–Crippen LogP) is 7.24. The first-order valence-electron chi connectivity index (χ1n) is 14.2. The average molecular weight is 608 g/mol. The highest BCUT2D eigenvalue weighted by Gasteiger charge is 2.33. The van der Waals surface area contributed by atoms with Crippen LogP contribution in [0.4, 0.5) is 5.95 Å². The summed E-state index contributed by atoms with van der Waals surface area (Å²) in [4.78, 5) is 31.8. The Balaban J connectivity index is 1.60. The van der Waals surface area contributed by atoms with E-state index in [1.165, 1.54) is 11.3 Å². The van der Waals surface area contributed by atoms with Crippen LogP contribution in [0.1, 0.15) is 58.8 Å². The Hall–Kier alpha value is -3.11. The number of carboxylic acids is 1. The van der Waals surface area contributed by atoms with Crippen LogP contribution in [-0.4, -0.2) is 68.2 Å². The van der Waals surface area contributed by atoms with E-state index < -0.39 is 17.7 Å². The van der Waals surface area contributed by atoms with Crippen LogP contribution in [0.25, 0.3) is 32.0 Å². The number of aryl methyl sites for hydroxylation is 1. The third-order valence-electron chi connectivity index (χ3n) is 7.39. The van der Waals surface area contributed by atoms with E-state index in [9.17, 15) is 9.90 Å². The summed E-state index contributed by atoms with van der Waals surface area (Å²) >= 11 is 7.73. The summed E-state index contributed by atoms with van der Waals surface area (Å²) in [5.41, 5.74) is 4.02. The van der Waals surface area contributed by atoms with Gasteiger partial charge in [-0.25, -0.2) is 19.7 Å². The quantitative estimate of drug-likeness (QED) is 0.245. The number of aliphatic carboxylic acids is 1. The van der Waals surface area contributed by atoms with Crippen LogP contribution in [0.3, 0.4) is 0 Å². The van der Waals surface area contributed by atoms with Crippen molar-refractivity contribution in [3.63, 3.8) is 0 Å². The summed E-state index contributed by atoms with van der Waals surface area (Å²) < 4.78 is 7.00. The van der Waals surface area contributed by atoms with Crippen LogP contribution in [0.5, 0.6) is 0 Å². The van der Waals surface area contributed by atoms with Crippen molar-refractivity contribution in [2.45, 2.75) is 65.7 Å². The lowest BCUT2D eigenvalue weighted by atomic mass is 9.91. The van der Waals surface area contributed by atoms with Gasteiger partial charge in [-0.15, -0.1) is 11.3 Å². The van der Waals surface area contributed by atoms with E-state index in [-0.39, 0.29) is 5.54 Å². The van der Waals surface area contributed by atoms with Crippen LogP contribution in [0.2, 0.25) is 5.02 Å². The molecule has 222 valence electrons. The Kier molecular flexibility index (Phi) is 8.33. The molecule has 0 aliphatic carbocycles. The molecule has 1 unspecified atom stereocenters. The number of thiazole rings is 1. The number of carboxylic acid groups (broad SMARTS) is 1. The Labute approximate surface area is 256 Å². The van der Waals surface area contributed by atoms with Crippen molar-refractivity contribution in [2.75, 3.05) is 31.1 Å². The monoisotopic (exact) mass is 607 g/mol. The molecule has 1 aliphatic heterocycles. The molecular weight excluding hydrogens is 570 g/mol. The van der Waals surface area contributed by atoms with Gasteiger partial charge in [0.1, 0.15) is 10.7 Å². The van der Waals surface area contributed by atoms with Crippen LogP contribution in [0, 0.1) is 6.92 Å². The predicted molar refractivity (Wildman–Crippen MR) is 171 cm³/mol. The molecule has 0 radical (unpaired) electrons. The third kappa shape index (κ3) is 6.44. The summed E-state index contributed by atoms with van der Waals surface area (Å²) in [7, 11) is 0. The molecule has 3 heterocycles. The van der Waals surface area contributed by atoms with Crippen molar-refractivity contribution in [1.82, 2.24) is 19.9 Å². The van der Waals surface area contributed by atoms with Crippen molar-refractivity contribution in [3.8, 4) is 21.8 Å². The minimum Gasteiger partial charge on any atom is -0.479 e. The number of anilines is 1. The molecule has 8 nitrogen and oxygen atoms in total. The summed E-state index contributed by atoms with van der Waals surface area (Å²) in [6.45, 7) is 17.8. The van der Waals surface area contributed by atoms with Crippen molar-refractivity contribution >= 4 is 45.1 Å². The topological polar surface area (TPSA) is 91.7 Å². The van der Waals surface area contributed by atoms with Gasteiger partial charge in [-0.05, 0) is 83.9 Å². The standard InChI is InChI=1S/C32H38ClN5O3S/c1-19-18-23-27(25(20-8-10-21(33)11-9-20)24(19)26(29(39)40)41-32(5,6)7)42-28(35-23)22-12-13-34-30(36-22)37-14-16-38(17-15-37)31(2,3)4/h8-13,18,26H,14-17H2,1-7H3,(H,39,40). The van der Waals surface area contributed by atoms with E-state index in [4.69, 9.17) is 26.3 Å². The van der Waals surface area contributed by atoms with E-state index in [1.54, 1.807) is 6.20 Å². The SMILES string of the molecule is Cc1cc2nc(-c3ccnc(N4CCN(C(C)(C)C)CC4)n3)sc2c(-c2ccc(Cl)cc2)c1C(OC(C)(C)C)C(=O)O. The van der Waals surface area contributed by atoms with E-state index in [0.717, 1.165) is 63.8 Å². The first-order valence-corrected chi connectivity index (χ1v) is 15.3. The highest BCUT2D eigenvalue weighted by molar-refractivity contribution is 7.22. The van der Waals surface area contributed by atoms with Crippen LogP contribution in [0.15, 0.2) is 42.6 Å². The number of carbonyl (C=O) groups is 1. The van der Waals surface area contributed by atoms with Crippen molar-refractivity contribution in [1.29, 1.82) is 0 Å². The van der Waals surface area contributed by atoms with Gasteiger partial charge in [-0.3, -0.25) is 4.90 Å². The Morgan fingerprint density at radius 3 is 2.29 bits per heavy atom. The second-order valence-corrected chi connectivity index (χ2v) is 14.1. The molecule has 2 aromatic carbocycles. The van der Waals surface area contributed by atoms with Gasteiger partial charge >= 0.3 is 5.97 Å². The molecule has 1 aliphatic rings. The molecule has 42 heavy (non-hydrogen) atoms. The number of halogens is 1. The van der Waals surface area contributed by atoms with Gasteiger partial charge in [0, 0.05) is 54.1 Å². The number of ether oxygens (including phenoxy) is 1. The fourth-order valence-electron chi connectivity index (χ4n) is 5.35. The zero-order valence-electron chi connectivity index (χ0n) is 25.2. The molecule has 0 spiro atoms. The molecular formula is C32H38ClN5O3S. The first kappa shape index (κ1) is 30.4. The lowest BCUT2D eigenvalue weighted by molar-refractivity contribution is -0.160. The molecule has 0 amide bonds. The molecule has 10 heteroatoms. The fourth-order valence-corrected chi connectivity index (χ4v) is 6.57. The Bertz CT molecular complexity index is 1600. The van der Waals surface area contributed by atoms with Gasteiger partial charge in [0.05, 0.1) is 15.8 Å². The molecule has 1 fully saturated rings. The number of nitrogens with zero attached hydrogens (tertiary/aromatic N) is 5. The second-order valence-electron chi connectivity index (χ2n) is 12.7. The van der Waals surface area contributed by atoms with Crippen molar-refractivity contribution in [3.05, 3.63) is 58.7 Å². The van der Waals surface area contributed by atoms with Gasteiger partial charge in [-0.2, -0.15) is 0 Å². The number of piperazine rings is 1. The lowest BCUT2D eigenvalue weighted by Crippen LogP contribution is -2.53. The van der Waals surface area contributed by atoms with E-state index in [2.05, 4.69) is 35.6 Å². The molecule has 2 aromatic heterocycles. The van der Waals surface area contributed by atoms with Crippen molar-refractivity contribution < 1.29 is 14.6 Å². The normalized spacial score (nSPS) is 15.8. The minimum atomic E-state index is -1.16. The highest BCUT2D eigenvalue weighted by atomic mass is 35.5. The molecule has 1 saturated heterocycles. The number of aromatic nitrogens is 3. The number of hydrogen-bond donors (Lipinski definition) is 1. The second kappa shape index (κ2) is 11.5. The zero-order chi connectivity index (χ0) is 30.4. The largest absolute Gasteiger partial charge is 0.479 e. The maximum absolute atomic E-state index is 12.6. The summed E-state index contributed by atoms with van der Waals surface area (Å²) in [6, 6.07) is 11.3. The molecule has 1 N–H and O–H groups in total. The number of fused-ring (bicyclic) bond motifs is 1. The maximum atomic E-state index is 12.6. The van der Waals surface area contributed by atoms with Crippen LogP contribution >= 0.6 is 22.9 Å². The first-order chi connectivity index (χ1) is 19.7. The number of benzene rings is 2. The smallest absolute Gasteiger partial charge is 0.337 e. The van der Waals surface area contributed by atoms with Gasteiger partial charge in [0.2, 0.25) is 5.95 Å². The Morgan fingerprint density at radius 2 is 1.69 bits per heavy atom. The van der Waals surface area contributed by atoms with Crippen molar-refractivity contribution in [2.24, 2.45) is 0 Å². The molecule has 0 saturated carbocycles. The van der Waals surface area contributed by atoms with Crippen LogP contribution in [-0.2, 0) is 9.53 Å². The van der Waals surface area contributed by atoms with Gasteiger partial charge < -0.3 is 14.7 Å². The van der Waals surface area contributed by atoms with E-state index >= 15 is 0 Å². The van der Waals surface area contributed by atoms with E-state index in [0.29, 0.717) is 16.5 Å². The average Bonchev–Trinajstić information content (AvgIpc) is 3.34.